The summed E-state index contributed by atoms with van der Waals surface area (Å²) < 4.78 is 9.09. The van der Waals surface area contributed by atoms with Gasteiger partial charge in [0.25, 0.3) is 0 Å². The van der Waals surface area contributed by atoms with Gasteiger partial charge in [-0.15, -0.1) is 0 Å². The topological polar surface area (TPSA) is 70.8 Å². The zero-order chi connectivity index (χ0) is 46.0. The van der Waals surface area contributed by atoms with Gasteiger partial charge in [-0.2, -0.15) is 15.0 Å². The molecule has 0 bridgehead atoms. The highest BCUT2D eigenvalue weighted by molar-refractivity contribution is 6.12. The van der Waals surface area contributed by atoms with E-state index >= 15 is 0 Å². The molecule has 0 aliphatic carbocycles. The van der Waals surface area contributed by atoms with Crippen molar-refractivity contribution in [1.29, 1.82) is 0 Å². The lowest BCUT2D eigenvalue weighted by Crippen LogP contribution is -2.07. The van der Waals surface area contributed by atoms with E-state index in [0.717, 1.165) is 94.3 Å². The number of aromatic nitrogens is 8. The number of para-hydroxylation sites is 3. The van der Waals surface area contributed by atoms with Gasteiger partial charge in [0.1, 0.15) is 5.52 Å². The summed E-state index contributed by atoms with van der Waals surface area (Å²) in [4.78, 5) is 20.8. The summed E-state index contributed by atoms with van der Waals surface area (Å²) in [7, 11) is 0. The maximum atomic E-state index is 5.55. The molecule has 0 aliphatic rings. The van der Waals surface area contributed by atoms with Crippen LogP contribution in [0.3, 0.4) is 0 Å². The van der Waals surface area contributed by atoms with Crippen molar-refractivity contribution in [1.82, 2.24) is 38.0 Å². The molecular formula is C61H42N8. The van der Waals surface area contributed by atoms with Crippen molar-refractivity contribution in [2.45, 2.75) is 6.92 Å². The van der Waals surface area contributed by atoms with Gasteiger partial charge in [0.15, 0.2) is 17.3 Å². The first kappa shape index (κ1) is 39.9. The van der Waals surface area contributed by atoms with Crippen LogP contribution in [-0.4, -0.2) is 38.0 Å². The first-order valence-corrected chi connectivity index (χ1v) is 23.1. The van der Waals surface area contributed by atoms with E-state index in [2.05, 4.69) is 195 Å². The molecule has 0 unspecified atom stereocenters. The van der Waals surface area contributed by atoms with Crippen LogP contribution in [0.4, 0.5) is 0 Å². The van der Waals surface area contributed by atoms with Crippen LogP contribution in [0.5, 0.6) is 0 Å². The molecule has 69 heavy (non-hydrogen) atoms. The molecule has 0 amide bonds. The van der Waals surface area contributed by atoms with Crippen LogP contribution in [0.25, 0.3) is 117 Å². The highest BCUT2D eigenvalue weighted by atomic mass is 15.2. The Kier molecular flexibility index (Phi) is 9.36. The Morgan fingerprint density at radius 3 is 1.75 bits per heavy atom. The number of nitrogens with zero attached hydrogens (tertiary/aromatic N) is 8. The van der Waals surface area contributed by atoms with E-state index in [0.29, 0.717) is 17.6 Å². The molecular weight excluding hydrogens is 845 g/mol. The van der Waals surface area contributed by atoms with Crippen LogP contribution in [0.1, 0.15) is 12.7 Å². The van der Waals surface area contributed by atoms with E-state index in [4.69, 9.17) is 19.9 Å². The average molecular weight is 887 g/mol. The van der Waals surface area contributed by atoms with Crippen molar-refractivity contribution < 1.29 is 0 Å². The second-order valence-corrected chi connectivity index (χ2v) is 17.1. The molecule has 8 nitrogen and oxygen atoms in total. The summed E-state index contributed by atoms with van der Waals surface area (Å²) in [6.07, 6.45) is 7.73. The van der Waals surface area contributed by atoms with E-state index in [1.54, 1.807) is 6.08 Å². The maximum Gasteiger partial charge on any atom is 0.238 e. The van der Waals surface area contributed by atoms with Crippen molar-refractivity contribution in [2.24, 2.45) is 0 Å². The Bertz CT molecular complexity index is 4190. The minimum absolute atomic E-state index is 0.536. The van der Waals surface area contributed by atoms with Gasteiger partial charge in [-0.3, -0.25) is 18.1 Å². The smallest absolute Gasteiger partial charge is 0.238 e. The van der Waals surface area contributed by atoms with Gasteiger partial charge >= 0.3 is 0 Å². The zero-order valence-electron chi connectivity index (χ0n) is 37.6. The predicted octanol–water partition coefficient (Wildman–Crippen LogP) is 14.8. The van der Waals surface area contributed by atoms with Crippen LogP contribution in [-0.2, 0) is 0 Å². The Morgan fingerprint density at radius 2 is 1.03 bits per heavy atom. The molecule has 0 spiro atoms. The van der Waals surface area contributed by atoms with Crippen molar-refractivity contribution in [2.75, 3.05) is 0 Å². The number of rotatable bonds is 9. The van der Waals surface area contributed by atoms with Gasteiger partial charge in [-0.1, -0.05) is 170 Å². The van der Waals surface area contributed by atoms with Crippen molar-refractivity contribution in [3.05, 3.63) is 237 Å². The van der Waals surface area contributed by atoms with Crippen molar-refractivity contribution in [3.8, 4) is 51.0 Å². The SMILES string of the molecule is C=C/C(=C\C=C/C)c1nc(-c2ccccc2)nc(-n2c3ccccc3c3cc(-c4ccc5c(c4)n(-c4ccccc4)c4nc6c(c7ccccc7n6-c6ccc(-c7ccccc7)cc6)n54)ccc32)n1. The van der Waals surface area contributed by atoms with Crippen LogP contribution in [0, 0.1) is 0 Å². The average Bonchev–Trinajstić information content (AvgIpc) is 4.14. The summed E-state index contributed by atoms with van der Waals surface area (Å²) >= 11 is 0. The molecule has 8 aromatic carbocycles. The fourth-order valence-electron chi connectivity index (χ4n) is 9.97. The fourth-order valence-corrected chi connectivity index (χ4v) is 9.97. The van der Waals surface area contributed by atoms with Gasteiger partial charge in [-0.25, -0.2) is 4.98 Å². The molecule has 5 aromatic heterocycles. The Morgan fingerprint density at radius 1 is 0.449 bits per heavy atom. The quantitative estimate of drug-likeness (QED) is 0.135. The molecule has 0 saturated carbocycles. The summed E-state index contributed by atoms with van der Waals surface area (Å²) in [6.45, 7) is 6.09. The van der Waals surface area contributed by atoms with Crippen molar-refractivity contribution >= 4 is 66.3 Å². The molecule has 13 rings (SSSR count). The number of fused-ring (bicyclic) bond motifs is 10. The molecule has 0 aliphatic heterocycles. The third-order valence-corrected chi connectivity index (χ3v) is 13.2. The van der Waals surface area contributed by atoms with Gasteiger partial charge in [0, 0.05) is 38.7 Å². The van der Waals surface area contributed by atoms with Gasteiger partial charge in [0.2, 0.25) is 11.7 Å². The Labute approximate surface area is 397 Å². The summed E-state index contributed by atoms with van der Waals surface area (Å²) in [5.41, 5.74) is 15.6. The lowest BCUT2D eigenvalue weighted by Gasteiger charge is -2.11. The number of benzene rings is 8. The zero-order valence-corrected chi connectivity index (χ0v) is 37.6. The molecule has 8 heteroatoms. The lowest BCUT2D eigenvalue weighted by atomic mass is 10.0. The van der Waals surface area contributed by atoms with Crippen LogP contribution >= 0.6 is 0 Å². The highest BCUT2D eigenvalue weighted by Gasteiger charge is 2.25. The van der Waals surface area contributed by atoms with Gasteiger partial charge in [-0.05, 0) is 89.8 Å². The molecule has 0 fully saturated rings. The number of imidazole rings is 2. The molecule has 0 N–H and O–H groups in total. The molecule has 0 atom stereocenters. The van der Waals surface area contributed by atoms with E-state index in [9.17, 15) is 0 Å². The number of hydrogen-bond acceptors (Lipinski definition) is 4. The minimum atomic E-state index is 0.536. The summed E-state index contributed by atoms with van der Waals surface area (Å²) in [6, 6.07) is 70.5. The summed E-state index contributed by atoms with van der Waals surface area (Å²) in [5, 5.41) is 3.34. The normalized spacial score (nSPS) is 12.2. The van der Waals surface area contributed by atoms with Crippen LogP contribution in [0.15, 0.2) is 231 Å². The molecule has 326 valence electrons. The monoisotopic (exact) mass is 886 g/mol. The molecule has 0 saturated heterocycles. The second kappa shape index (κ2) is 16.2. The standard InChI is InChI=1S/C61H42N8/c1-3-5-19-40(4-2)57-62-58(43-22-11-7-12-23-43)64-60(63-57)68-51-28-17-15-26-48(51)50-38-44(32-36-53(50)68)45-33-37-54-55(39-45)67(46-24-13-8-14-25-46)61-65-59-56(69(54)61)49-27-16-18-29-52(49)66(59)47-34-30-42(31-35-47)41-20-9-6-10-21-41/h3-39H,2H2,1H3/b5-3-,40-19+. The van der Waals surface area contributed by atoms with Gasteiger partial charge in [0.05, 0.1) is 27.6 Å². The Hall–Kier alpha value is -9.40. The van der Waals surface area contributed by atoms with E-state index < -0.39 is 0 Å². The summed E-state index contributed by atoms with van der Waals surface area (Å²) in [5.74, 6) is 2.53. The lowest BCUT2D eigenvalue weighted by molar-refractivity contribution is 0.932. The first-order chi connectivity index (χ1) is 34.1. The maximum absolute atomic E-state index is 5.55. The fraction of sp³-hybridized carbons (Fsp3) is 0.0164. The second-order valence-electron chi connectivity index (χ2n) is 17.1. The molecule has 13 aromatic rings. The van der Waals surface area contributed by atoms with Gasteiger partial charge < -0.3 is 0 Å². The molecule has 0 radical (unpaired) electrons. The number of allylic oxidation sites excluding steroid dienone is 5. The Balaban J connectivity index is 0.995. The largest absolute Gasteiger partial charge is 0.292 e. The third kappa shape index (κ3) is 6.45. The molecule has 5 heterocycles. The number of hydrogen-bond donors (Lipinski definition) is 0. The highest BCUT2D eigenvalue weighted by Crippen LogP contribution is 2.40. The van der Waals surface area contributed by atoms with Crippen LogP contribution in [0.2, 0.25) is 0 Å². The third-order valence-electron chi connectivity index (χ3n) is 13.2. The first-order valence-electron chi connectivity index (χ1n) is 23.1. The van der Waals surface area contributed by atoms with Crippen molar-refractivity contribution in [3.63, 3.8) is 0 Å². The van der Waals surface area contributed by atoms with Crippen LogP contribution < -0.4 is 0 Å². The predicted molar refractivity (Wildman–Crippen MR) is 283 cm³/mol. The minimum Gasteiger partial charge on any atom is -0.292 e. The van der Waals surface area contributed by atoms with E-state index in [1.807, 2.05) is 55.5 Å². The van der Waals surface area contributed by atoms with E-state index in [-0.39, 0.29) is 0 Å². The van der Waals surface area contributed by atoms with E-state index in [1.165, 1.54) is 11.1 Å².